The summed E-state index contributed by atoms with van der Waals surface area (Å²) in [5, 5.41) is 4.15. The average molecular weight is 381 g/mol. The number of hydrogen-bond acceptors (Lipinski definition) is 5. The van der Waals surface area contributed by atoms with E-state index in [4.69, 9.17) is 4.74 Å². The monoisotopic (exact) mass is 380 g/mol. The molecule has 7 heteroatoms. The third-order valence-corrected chi connectivity index (χ3v) is 6.93. The summed E-state index contributed by atoms with van der Waals surface area (Å²) in [6.07, 6.45) is 2.34. The molecule has 1 N–H and O–H groups in total. The molecule has 0 amide bonds. The Kier molecular flexibility index (Phi) is 5.78. The Labute approximate surface area is 153 Å². The number of nitrogens with zero attached hydrogens (tertiary/aromatic N) is 1. The van der Waals surface area contributed by atoms with Crippen molar-refractivity contribution in [3.63, 3.8) is 0 Å². The van der Waals surface area contributed by atoms with Crippen LogP contribution in [0.15, 0.2) is 39.9 Å². The van der Waals surface area contributed by atoms with E-state index in [1.807, 2.05) is 5.38 Å². The van der Waals surface area contributed by atoms with Gasteiger partial charge in [0, 0.05) is 12.6 Å². The number of thiophene rings is 1. The highest BCUT2D eigenvalue weighted by Crippen LogP contribution is 2.27. The fourth-order valence-corrected chi connectivity index (χ4v) is 5.26. The SMILES string of the molecule is COc1ccc(S(=O)(=O)NCC(c2ccsc2)N2CCCC2)c(C)c1. The molecule has 1 fully saturated rings. The van der Waals surface area contributed by atoms with Gasteiger partial charge in [-0.15, -0.1) is 0 Å². The van der Waals surface area contributed by atoms with Crippen LogP contribution in [0.5, 0.6) is 5.75 Å². The van der Waals surface area contributed by atoms with Crippen molar-refractivity contribution in [2.75, 3.05) is 26.7 Å². The maximum absolute atomic E-state index is 12.8. The maximum Gasteiger partial charge on any atom is 0.240 e. The Hall–Kier alpha value is -1.41. The zero-order valence-corrected chi connectivity index (χ0v) is 16.2. The molecule has 2 aromatic rings. The Morgan fingerprint density at radius 2 is 2.04 bits per heavy atom. The van der Waals surface area contributed by atoms with Crippen LogP contribution in [0.25, 0.3) is 0 Å². The molecule has 0 bridgehead atoms. The maximum atomic E-state index is 12.8. The molecule has 1 unspecified atom stereocenters. The van der Waals surface area contributed by atoms with Gasteiger partial charge < -0.3 is 4.74 Å². The number of sulfonamides is 1. The van der Waals surface area contributed by atoms with E-state index in [2.05, 4.69) is 21.1 Å². The summed E-state index contributed by atoms with van der Waals surface area (Å²) in [7, 11) is -1.99. The summed E-state index contributed by atoms with van der Waals surface area (Å²) in [4.78, 5) is 2.67. The molecule has 25 heavy (non-hydrogen) atoms. The number of methoxy groups -OCH3 is 1. The summed E-state index contributed by atoms with van der Waals surface area (Å²) in [5.74, 6) is 0.657. The van der Waals surface area contributed by atoms with Gasteiger partial charge in [0.15, 0.2) is 0 Å². The molecule has 1 aromatic heterocycles. The van der Waals surface area contributed by atoms with Crippen molar-refractivity contribution in [1.29, 1.82) is 0 Å². The summed E-state index contributed by atoms with van der Waals surface area (Å²) in [6, 6.07) is 7.19. The number of rotatable bonds is 7. The van der Waals surface area contributed by atoms with Gasteiger partial charge in [-0.2, -0.15) is 11.3 Å². The Morgan fingerprint density at radius 3 is 2.64 bits per heavy atom. The fourth-order valence-electron chi connectivity index (χ4n) is 3.29. The Bertz CT molecular complexity index is 798. The number of aryl methyl sites for hydroxylation is 1. The van der Waals surface area contributed by atoms with Crippen LogP contribution in [-0.2, 0) is 10.0 Å². The van der Waals surface area contributed by atoms with E-state index < -0.39 is 10.0 Å². The lowest BCUT2D eigenvalue weighted by atomic mass is 10.1. The third kappa shape index (κ3) is 4.23. The van der Waals surface area contributed by atoms with E-state index >= 15 is 0 Å². The molecule has 1 aromatic carbocycles. The molecule has 0 saturated carbocycles. The van der Waals surface area contributed by atoms with E-state index in [1.165, 1.54) is 18.4 Å². The van der Waals surface area contributed by atoms with Crippen LogP contribution in [0.3, 0.4) is 0 Å². The second kappa shape index (κ2) is 7.86. The van der Waals surface area contributed by atoms with Gasteiger partial charge in [0.2, 0.25) is 10.0 Å². The van der Waals surface area contributed by atoms with Gasteiger partial charge in [-0.3, -0.25) is 4.90 Å². The molecule has 0 spiro atoms. The second-order valence-corrected chi connectivity index (χ2v) is 8.81. The van der Waals surface area contributed by atoms with Crippen LogP contribution in [0.1, 0.15) is 30.0 Å². The Balaban J connectivity index is 1.77. The van der Waals surface area contributed by atoms with Crippen molar-refractivity contribution in [2.45, 2.75) is 30.7 Å². The van der Waals surface area contributed by atoms with Gasteiger partial charge in [0.1, 0.15) is 5.75 Å². The van der Waals surface area contributed by atoms with E-state index in [-0.39, 0.29) is 6.04 Å². The minimum atomic E-state index is -3.56. The second-order valence-electron chi connectivity index (χ2n) is 6.30. The minimum Gasteiger partial charge on any atom is -0.497 e. The lowest BCUT2D eigenvalue weighted by Crippen LogP contribution is -2.36. The zero-order chi connectivity index (χ0) is 17.9. The van der Waals surface area contributed by atoms with Crippen molar-refractivity contribution in [3.8, 4) is 5.75 Å². The molecule has 2 heterocycles. The van der Waals surface area contributed by atoms with E-state index in [0.29, 0.717) is 22.8 Å². The third-order valence-electron chi connectivity index (χ3n) is 4.65. The van der Waals surface area contributed by atoms with Crippen molar-refractivity contribution in [2.24, 2.45) is 0 Å². The molecule has 1 saturated heterocycles. The largest absolute Gasteiger partial charge is 0.497 e. The van der Waals surface area contributed by atoms with Crippen molar-refractivity contribution < 1.29 is 13.2 Å². The highest BCUT2D eigenvalue weighted by Gasteiger charge is 2.26. The number of nitrogens with one attached hydrogen (secondary N) is 1. The summed E-state index contributed by atoms with van der Waals surface area (Å²) in [5.41, 5.74) is 1.86. The number of likely N-dealkylation sites (tertiary alicyclic amines) is 1. The molecule has 0 aliphatic carbocycles. The normalized spacial score (nSPS) is 16.9. The number of hydrogen-bond donors (Lipinski definition) is 1. The summed E-state index contributed by atoms with van der Waals surface area (Å²) >= 11 is 1.65. The standard InChI is InChI=1S/C18H24N2O3S2/c1-14-11-16(23-2)5-6-18(14)25(21,22)19-12-17(15-7-10-24-13-15)20-8-3-4-9-20/h5-7,10-11,13,17,19H,3-4,8-9,12H2,1-2H3. The topological polar surface area (TPSA) is 58.6 Å². The molecule has 136 valence electrons. The molecular weight excluding hydrogens is 356 g/mol. The quantitative estimate of drug-likeness (QED) is 0.801. The lowest BCUT2D eigenvalue weighted by molar-refractivity contribution is 0.247. The minimum absolute atomic E-state index is 0.0853. The van der Waals surface area contributed by atoms with Crippen molar-refractivity contribution in [1.82, 2.24) is 9.62 Å². The van der Waals surface area contributed by atoms with Gasteiger partial charge in [0.25, 0.3) is 0 Å². The van der Waals surface area contributed by atoms with E-state index in [1.54, 1.807) is 43.6 Å². The van der Waals surface area contributed by atoms with E-state index in [0.717, 1.165) is 13.1 Å². The van der Waals surface area contributed by atoms with Crippen LogP contribution in [-0.4, -0.2) is 40.1 Å². The average Bonchev–Trinajstić information content (AvgIpc) is 3.28. The van der Waals surface area contributed by atoms with Gasteiger partial charge in [-0.05, 0) is 79.0 Å². The summed E-state index contributed by atoms with van der Waals surface area (Å²) < 4.78 is 33.5. The van der Waals surface area contributed by atoms with Crippen LogP contribution in [0.4, 0.5) is 0 Å². The van der Waals surface area contributed by atoms with Gasteiger partial charge in [0.05, 0.1) is 12.0 Å². The first-order valence-electron chi connectivity index (χ1n) is 8.42. The van der Waals surface area contributed by atoms with Crippen LogP contribution >= 0.6 is 11.3 Å². The zero-order valence-electron chi connectivity index (χ0n) is 14.6. The van der Waals surface area contributed by atoms with Crippen LogP contribution in [0.2, 0.25) is 0 Å². The smallest absolute Gasteiger partial charge is 0.240 e. The molecule has 1 atom stereocenters. The van der Waals surface area contributed by atoms with Gasteiger partial charge in [-0.1, -0.05) is 0 Å². The molecule has 5 nitrogen and oxygen atoms in total. The van der Waals surface area contributed by atoms with Crippen LogP contribution < -0.4 is 9.46 Å². The summed E-state index contributed by atoms with van der Waals surface area (Å²) in [6.45, 7) is 4.20. The number of ether oxygens (including phenoxy) is 1. The predicted molar refractivity (Wildman–Crippen MR) is 101 cm³/mol. The molecule has 3 rings (SSSR count). The first kappa shape index (κ1) is 18.4. The van der Waals surface area contributed by atoms with Crippen molar-refractivity contribution in [3.05, 3.63) is 46.2 Å². The molecular formula is C18H24N2O3S2. The molecule has 0 radical (unpaired) electrons. The molecule has 1 aliphatic heterocycles. The lowest BCUT2D eigenvalue weighted by Gasteiger charge is -2.27. The number of benzene rings is 1. The first-order chi connectivity index (χ1) is 12.0. The molecule has 1 aliphatic rings. The highest BCUT2D eigenvalue weighted by atomic mass is 32.2. The predicted octanol–water partition coefficient (Wildman–Crippen LogP) is 3.18. The van der Waals surface area contributed by atoms with Gasteiger partial charge in [-0.25, -0.2) is 13.1 Å². The Morgan fingerprint density at radius 1 is 1.28 bits per heavy atom. The first-order valence-corrected chi connectivity index (χ1v) is 10.8. The van der Waals surface area contributed by atoms with Crippen LogP contribution in [0, 0.1) is 6.92 Å². The highest BCUT2D eigenvalue weighted by molar-refractivity contribution is 7.89. The van der Waals surface area contributed by atoms with Gasteiger partial charge >= 0.3 is 0 Å². The fraction of sp³-hybridized carbons (Fsp3) is 0.444. The van der Waals surface area contributed by atoms with Crippen molar-refractivity contribution >= 4 is 21.4 Å². The van der Waals surface area contributed by atoms with E-state index in [9.17, 15) is 8.42 Å².